The highest BCUT2D eigenvalue weighted by Gasteiger charge is 2.49. The predicted octanol–water partition coefficient (Wildman–Crippen LogP) is 2.10. The molecule has 7 nitrogen and oxygen atoms in total. The number of anilines is 1. The molecule has 1 atom stereocenters. The quantitative estimate of drug-likeness (QED) is 0.806. The zero-order valence-corrected chi connectivity index (χ0v) is 14.5. The Balaban J connectivity index is 1.70. The second kappa shape index (κ2) is 6.87. The van der Waals surface area contributed by atoms with Crippen molar-refractivity contribution >= 4 is 23.5 Å². The van der Waals surface area contributed by atoms with Gasteiger partial charge in [-0.2, -0.15) is 0 Å². The summed E-state index contributed by atoms with van der Waals surface area (Å²) < 4.78 is 5.06. The molecular formula is C19H19N3O4. The van der Waals surface area contributed by atoms with Crippen LogP contribution in [-0.4, -0.2) is 36.4 Å². The van der Waals surface area contributed by atoms with Crippen LogP contribution >= 0.6 is 0 Å². The summed E-state index contributed by atoms with van der Waals surface area (Å²) in [5.41, 5.74) is 0.0312. The lowest BCUT2D eigenvalue weighted by Crippen LogP contribution is -2.42. The molecule has 26 heavy (non-hydrogen) atoms. The number of carbonyl (C=O) groups excluding carboxylic acids is 3. The van der Waals surface area contributed by atoms with E-state index in [-0.39, 0.29) is 6.54 Å². The molecule has 1 saturated heterocycles. The standard InChI is InChI=1S/C19H19N3O4/c1-19(13-6-4-3-5-7-13)17(24)22(18(25)21-19)12-16(23)20-14-8-10-15(26-2)11-9-14/h3-11H,12H2,1-2H3,(H,20,23)(H,21,25)/t19-/m0/s1. The van der Waals surface area contributed by atoms with Crippen molar-refractivity contribution in [3.05, 3.63) is 60.2 Å². The van der Waals surface area contributed by atoms with Crippen molar-refractivity contribution in [2.24, 2.45) is 0 Å². The zero-order valence-electron chi connectivity index (χ0n) is 14.5. The van der Waals surface area contributed by atoms with Gasteiger partial charge in [0.25, 0.3) is 5.91 Å². The molecule has 0 bridgehead atoms. The van der Waals surface area contributed by atoms with E-state index in [4.69, 9.17) is 4.74 Å². The lowest BCUT2D eigenvalue weighted by atomic mass is 9.92. The number of ether oxygens (including phenoxy) is 1. The van der Waals surface area contributed by atoms with Gasteiger partial charge in [-0.05, 0) is 36.8 Å². The van der Waals surface area contributed by atoms with E-state index < -0.39 is 23.4 Å². The van der Waals surface area contributed by atoms with Crippen molar-refractivity contribution in [1.29, 1.82) is 0 Å². The highest BCUT2D eigenvalue weighted by molar-refractivity contribution is 6.10. The second-order valence-corrected chi connectivity index (χ2v) is 6.09. The number of rotatable bonds is 5. The van der Waals surface area contributed by atoms with Crippen LogP contribution in [-0.2, 0) is 15.1 Å². The molecule has 2 aromatic rings. The van der Waals surface area contributed by atoms with Gasteiger partial charge in [-0.25, -0.2) is 4.79 Å². The number of carbonyl (C=O) groups is 3. The fraction of sp³-hybridized carbons (Fsp3) is 0.211. The molecule has 0 saturated carbocycles. The Kier molecular flexibility index (Phi) is 4.62. The van der Waals surface area contributed by atoms with Crippen LogP contribution in [0.1, 0.15) is 12.5 Å². The summed E-state index contributed by atoms with van der Waals surface area (Å²) in [6.45, 7) is 1.27. The third-order valence-corrected chi connectivity index (χ3v) is 4.30. The first-order valence-corrected chi connectivity index (χ1v) is 8.07. The van der Waals surface area contributed by atoms with Gasteiger partial charge in [0.1, 0.15) is 17.8 Å². The average molecular weight is 353 g/mol. The molecule has 0 spiro atoms. The van der Waals surface area contributed by atoms with Crippen LogP contribution in [0.4, 0.5) is 10.5 Å². The number of urea groups is 1. The summed E-state index contributed by atoms with van der Waals surface area (Å²) in [4.78, 5) is 38.2. The molecule has 1 aliphatic heterocycles. The highest BCUT2D eigenvalue weighted by Crippen LogP contribution is 2.28. The molecule has 1 heterocycles. The molecule has 0 aromatic heterocycles. The van der Waals surface area contributed by atoms with Gasteiger partial charge in [0.05, 0.1) is 7.11 Å². The minimum atomic E-state index is -1.18. The van der Waals surface area contributed by atoms with Crippen LogP contribution in [0.3, 0.4) is 0 Å². The summed E-state index contributed by atoms with van der Waals surface area (Å²) in [6.07, 6.45) is 0. The normalized spacial score (nSPS) is 19.2. The number of nitrogens with one attached hydrogen (secondary N) is 2. The maximum Gasteiger partial charge on any atom is 0.325 e. The van der Waals surface area contributed by atoms with E-state index >= 15 is 0 Å². The number of amides is 4. The van der Waals surface area contributed by atoms with E-state index in [9.17, 15) is 14.4 Å². The number of nitrogens with zero attached hydrogens (tertiary/aromatic N) is 1. The average Bonchev–Trinajstić information content (AvgIpc) is 2.87. The minimum absolute atomic E-state index is 0.362. The van der Waals surface area contributed by atoms with Crippen molar-refractivity contribution in [3.63, 3.8) is 0 Å². The van der Waals surface area contributed by atoms with Gasteiger partial charge in [-0.1, -0.05) is 30.3 Å². The van der Waals surface area contributed by atoms with E-state index in [1.54, 1.807) is 62.6 Å². The Morgan fingerprint density at radius 1 is 1.12 bits per heavy atom. The number of hydrogen-bond acceptors (Lipinski definition) is 4. The van der Waals surface area contributed by atoms with Crippen LogP contribution in [0, 0.1) is 0 Å². The summed E-state index contributed by atoms with van der Waals surface area (Å²) in [5.74, 6) is -0.259. The van der Waals surface area contributed by atoms with Gasteiger partial charge in [0.15, 0.2) is 0 Å². The van der Waals surface area contributed by atoms with E-state index in [1.165, 1.54) is 0 Å². The van der Waals surface area contributed by atoms with Gasteiger partial charge in [-0.3, -0.25) is 14.5 Å². The number of benzene rings is 2. The van der Waals surface area contributed by atoms with E-state index in [0.717, 1.165) is 4.90 Å². The Hall–Kier alpha value is -3.35. The molecule has 1 fully saturated rings. The third kappa shape index (κ3) is 3.23. The Morgan fingerprint density at radius 2 is 1.77 bits per heavy atom. The zero-order chi connectivity index (χ0) is 18.7. The van der Waals surface area contributed by atoms with E-state index in [1.807, 2.05) is 6.07 Å². The molecule has 2 aromatic carbocycles. The van der Waals surface area contributed by atoms with Gasteiger partial charge in [0, 0.05) is 5.69 Å². The number of hydrogen-bond donors (Lipinski definition) is 2. The van der Waals surface area contributed by atoms with Crippen molar-refractivity contribution < 1.29 is 19.1 Å². The van der Waals surface area contributed by atoms with Gasteiger partial charge < -0.3 is 15.4 Å². The lowest BCUT2D eigenvalue weighted by Gasteiger charge is -2.22. The minimum Gasteiger partial charge on any atom is -0.497 e. The Morgan fingerprint density at radius 3 is 2.38 bits per heavy atom. The molecule has 4 amide bonds. The summed E-state index contributed by atoms with van der Waals surface area (Å²) in [5, 5.41) is 5.33. The first-order valence-electron chi connectivity index (χ1n) is 8.07. The van der Waals surface area contributed by atoms with Crippen LogP contribution in [0.15, 0.2) is 54.6 Å². The molecule has 0 aliphatic carbocycles. The molecule has 2 N–H and O–H groups in total. The fourth-order valence-corrected chi connectivity index (χ4v) is 2.83. The number of imide groups is 1. The van der Waals surface area contributed by atoms with Crippen molar-refractivity contribution in [3.8, 4) is 5.75 Å². The molecule has 134 valence electrons. The van der Waals surface area contributed by atoms with Gasteiger partial charge in [0.2, 0.25) is 5.91 Å². The summed E-state index contributed by atoms with van der Waals surface area (Å²) >= 11 is 0. The summed E-state index contributed by atoms with van der Waals surface area (Å²) in [7, 11) is 1.55. The van der Waals surface area contributed by atoms with Crippen molar-refractivity contribution in [2.45, 2.75) is 12.5 Å². The van der Waals surface area contributed by atoms with Crippen LogP contribution in [0.25, 0.3) is 0 Å². The predicted molar refractivity (Wildman–Crippen MR) is 95.7 cm³/mol. The topological polar surface area (TPSA) is 87.7 Å². The summed E-state index contributed by atoms with van der Waals surface area (Å²) in [6, 6.07) is 15.1. The Labute approximate surface area is 150 Å². The van der Waals surface area contributed by atoms with Crippen molar-refractivity contribution in [1.82, 2.24) is 10.2 Å². The van der Waals surface area contributed by atoms with Gasteiger partial charge >= 0.3 is 6.03 Å². The first kappa shape index (κ1) is 17.5. The molecule has 0 radical (unpaired) electrons. The monoisotopic (exact) mass is 353 g/mol. The van der Waals surface area contributed by atoms with Crippen LogP contribution in [0.2, 0.25) is 0 Å². The smallest absolute Gasteiger partial charge is 0.325 e. The second-order valence-electron chi connectivity index (χ2n) is 6.09. The fourth-order valence-electron chi connectivity index (χ4n) is 2.83. The molecule has 7 heteroatoms. The molecule has 1 aliphatic rings. The maximum atomic E-state index is 12.8. The van der Waals surface area contributed by atoms with Gasteiger partial charge in [-0.15, -0.1) is 0 Å². The largest absolute Gasteiger partial charge is 0.497 e. The van der Waals surface area contributed by atoms with E-state index in [0.29, 0.717) is 17.0 Å². The van der Waals surface area contributed by atoms with E-state index in [2.05, 4.69) is 10.6 Å². The number of methoxy groups -OCH3 is 1. The molecule has 0 unspecified atom stereocenters. The van der Waals surface area contributed by atoms with Crippen LogP contribution in [0.5, 0.6) is 5.75 Å². The lowest BCUT2D eigenvalue weighted by molar-refractivity contribution is -0.133. The Bertz CT molecular complexity index is 836. The van der Waals surface area contributed by atoms with Crippen LogP contribution < -0.4 is 15.4 Å². The molecular weight excluding hydrogens is 334 g/mol. The highest BCUT2D eigenvalue weighted by atomic mass is 16.5. The SMILES string of the molecule is COc1ccc(NC(=O)CN2C(=O)N[C@@](C)(c3ccccc3)C2=O)cc1. The maximum absolute atomic E-state index is 12.8. The third-order valence-electron chi connectivity index (χ3n) is 4.30. The first-order chi connectivity index (χ1) is 12.4. The van der Waals surface area contributed by atoms with Crippen molar-refractivity contribution in [2.75, 3.05) is 19.0 Å². The molecule has 3 rings (SSSR count).